The van der Waals surface area contributed by atoms with Crippen LogP contribution in [0, 0.1) is 5.82 Å². The molecule has 7 heteroatoms. The Morgan fingerprint density at radius 2 is 2.20 bits per heavy atom. The number of pyridine rings is 1. The largest absolute Gasteiger partial charge is 0.481 e. The average molecular weight is 284 g/mol. The van der Waals surface area contributed by atoms with Gasteiger partial charge >= 0.3 is 5.97 Å². The van der Waals surface area contributed by atoms with Crippen LogP contribution >= 0.6 is 15.9 Å². The molecule has 0 aromatic carbocycles. The van der Waals surface area contributed by atoms with E-state index in [1.54, 1.807) is 0 Å². The molecule has 1 aromatic heterocycles. The molecule has 15 heavy (non-hydrogen) atoms. The maximum atomic E-state index is 13.2. The summed E-state index contributed by atoms with van der Waals surface area (Å²) in [6.45, 7) is 0. The first kappa shape index (κ1) is 12.0. The zero-order chi connectivity index (χ0) is 11.6. The van der Waals surface area contributed by atoms with Crippen molar-refractivity contribution in [3.8, 4) is 0 Å². The second-order valence-electron chi connectivity index (χ2n) is 2.66. The summed E-state index contributed by atoms with van der Waals surface area (Å²) in [5, 5.41) is 8.40. The van der Waals surface area contributed by atoms with Gasteiger partial charge in [-0.15, -0.1) is 0 Å². The first-order valence-electron chi connectivity index (χ1n) is 3.76. The predicted octanol–water partition coefficient (Wildman–Crippen LogP) is 2.55. The molecule has 0 radical (unpaired) electrons. The monoisotopic (exact) mass is 283 g/mol. The van der Waals surface area contributed by atoms with Crippen LogP contribution in [-0.4, -0.2) is 16.1 Å². The smallest absolute Gasteiger partial charge is 0.309 e. The van der Waals surface area contributed by atoms with Crippen LogP contribution in [0.25, 0.3) is 0 Å². The van der Waals surface area contributed by atoms with Gasteiger partial charge in [0.1, 0.15) is 5.69 Å². The summed E-state index contributed by atoms with van der Waals surface area (Å²) in [5.74, 6) is -2.26. The standard InChI is InChI=1S/C8H5BrF3NO2/c9-3-1-5(8(11)12)13-4(7(3)10)2-6(14)15/h1,8H,2H2,(H,14,15). The molecule has 0 aliphatic rings. The summed E-state index contributed by atoms with van der Waals surface area (Å²) in [6, 6.07) is 0.825. The van der Waals surface area contributed by atoms with E-state index in [4.69, 9.17) is 5.11 Å². The van der Waals surface area contributed by atoms with Crippen LogP contribution in [0.4, 0.5) is 13.2 Å². The van der Waals surface area contributed by atoms with E-state index in [-0.39, 0.29) is 4.47 Å². The van der Waals surface area contributed by atoms with E-state index >= 15 is 0 Å². The predicted molar refractivity (Wildman–Crippen MR) is 48.2 cm³/mol. The second-order valence-corrected chi connectivity index (χ2v) is 3.52. The van der Waals surface area contributed by atoms with E-state index < -0.39 is 36.0 Å². The molecule has 0 fully saturated rings. The molecule has 82 valence electrons. The zero-order valence-corrected chi connectivity index (χ0v) is 8.76. The van der Waals surface area contributed by atoms with Crippen molar-refractivity contribution in [2.75, 3.05) is 0 Å². The Bertz CT molecular complexity index is 398. The summed E-state index contributed by atoms with van der Waals surface area (Å²) in [6.07, 6.45) is -3.60. The molecule has 0 saturated heterocycles. The molecule has 1 aromatic rings. The second kappa shape index (κ2) is 4.61. The maximum Gasteiger partial charge on any atom is 0.309 e. The quantitative estimate of drug-likeness (QED) is 0.928. The number of alkyl halides is 2. The highest BCUT2D eigenvalue weighted by molar-refractivity contribution is 9.10. The molecule has 1 N–H and O–H groups in total. The lowest BCUT2D eigenvalue weighted by atomic mass is 10.2. The van der Waals surface area contributed by atoms with Gasteiger partial charge in [0.15, 0.2) is 5.82 Å². The summed E-state index contributed by atoms with van der Waals surface area (Å²) in [4.78, 5) is 13.5. The van der Waals surface area contributed by atoms with Gasteiger partial charge < -0.3 is 5.11 Å². The molecule has 1 heterocycles. The minimum atomic E-state index is -2.87. The Morgan fingerprint density at radius 1 is 1.60 bits per heavy atom. The number of aromatic nitrogens is 1. The van der Waals surface area contributed by atoms with E-state index in [0.29, 0.717) is 0 Å². The third kappa shape index (κ3) is 2.92. The normalized spacial score (nSPS) is 10.7. The average Bonchev–Trinajstić information content (AvgIpc) is 2.11. The SMILES string of the molecule is O=C(O)Cc1nc(C(F)F)cc(Br)c1F. The van der Waals surface area contributed by atoms with Crippen molar-refractivity contribution >= 4 is 21.9 Å². The number of carbonyl (C=O) groups is 1. The van der Waals surface area contributed by atoms with Gasteiger partial charge in [-0.2, -0.15) is 0 Å². The maximum absolute atomic E-state index is 13.2. The highest BCUT2D eigenvalue weighted by Gasteiger charge is 2.17. The van der Waals surface area contributed by atoms with Crippen molar-refractivity contribution < 1.29 is 23.1 Å². The first-order chi connectivity index (χ1) is 6.91. The van der Waals surface area contributed by atoms with E-state index in [1.807, 2.05) is 0 Å². The van der Waals surface area contributed by atoms with Crippen LogP contribution < -0.4 is 0 Å². The van der Waals surface area contributed by atoms with Gasteiger partial charge in [0.25, 0.3) is 6.43 Å². The molecule has 0 atom stereocenters. The summed E-state index contributed by atoms with van der Waals surface area (Å²) in [5.41, 5.74) is -1.16. The van der Waals surface area contributed by atoms with Crippen LogP contribution in [-0.2, 0) is 11.2 Å². The Labute approximate surface area is 91.1 Å². The van der Waals surface area contributed by atoms with Crippen molar-refractivity contribution in [2.45, 2.75) is 12.8 Å². The molecule has 1 rings (SSSR count). The Morgan fingerprint density at radius 3 is 2.67 bits per heavy atom. The fraction of sp³-hybridized carbons (Fsp3) is 0.250. The number of hydrogen-bond donors (Lipinski definition) is 1. The van der Waals surface area contributed by atoms with Crippen LogP contribution in [0.15, 0.2) is 10.5 Å². The van der Waals surface area contributed by atoms with Crippen molar-refractivity contribution in [3.05, 3.63) is 27.7 Å². The van der Waals surface area contributed by atoms with Gasteiger partial charge in [0, 0.05) is 0 Å². The summed E-state index contributed by atoms with van der Waals surface area (Å²) >= 11 is 2.71. The van der Waals surface area contributed by atoms with Gasteiger partial charge in [0.2, 0.25) is 0 Å². The summed E-state index contributed by atoms with van der Waals surface area (Å²) in [7, 11) is 0. The van der Waals surface area contributed by atoms with Gasteiger partial charge in [-0.1, -0.05) is 0 Å². The van der Waals surface area contributed by atoms with Gasteiger partial charge in [-0.05, 0) is 22.0 Å². The number of rotatable bonds is 3. The third-order valence-corrected chi connectivity index (χ3v) is 2.12. The number of carboxylic acids is 1. The molecule has 0 bridgehead atoms. The lowest BCUT2D eigenvalue weighted by Crippen LogP contribution is -2.07. The first-order valence-corrected chi connectivity index (χ1v) is 4.56. The molecule has 3 nitrogen and oxygen atoms in total. The molecular formula is C8H5BrF3NO2. The Hall–Kier alpha value is -1.11. The Balaban J connectivity index is 3.18. The van der Waals surface area contributed by atoms with Gasteiger partial charge in [-0.3, -0.25) is 4.79 Å². The molecule has 0 amide bonds. The lowest BCUT2D eigenvalue weighted by Gasteiger charge is -2.05. The molecule has 0 unspecified atom stereocenters. The topological polar surface area (TPSA) is 50.2 Å². The van der Waals surface area contributed by atoms with Crippen molar-refractivity contribution in [3.63, 3.8) is 0 Å². The minimum Gasteiger partial charge on any atom is -0.481 e. The van der Waals surface area contributed by atoms with E-state index in [9.17, 15) is 18.0 Å². The fourth-order valence-corrected chi connectivity index (χ4v) is 1.40. The fourth-order valence-electron chi connectivity index (χ4n) is 0.940. The molecular weight excluding hydrogens is 279 g/mol. The van der Waals surface area contributed by atoms with E-state index in [1.165, 1.54) is 0 Å². The van der Waals surface area contributed by atoms with Gasteiger partial charge in [-0.25, -0.2) is 18.2 Å². The van der Waals surface area contributed by atoms with Crippen molar-refractivity contribution in [2.24, 2.45) is 0 Å². The van der Waals surface area contributed by atoms with Crippen LogP contribution in [0.5, 0.6) is 0 Å². The highest BCUT2D eigenvalue weighted by atomic mass is 79.9. The highest BCUT2D eigenvalue weighted by Crippen LogP contribution is 2.24. The number of carboxylic acid groups (broad SMARTS) is 1. The van der Waals surface area contributed by atoms with Crippen molar-refractivity contribution in [1.82, 2.24) is 4.98 Å². The van der Waals surface area contributed by atoms with Gasteiger partial charge in [0.05, 0.1) is 16.6 Å². The van der Waals surface area contributed by atoms with Crippen molar-refractivity contribution in [1.29, 1.82) is 0 Å². The molecule has 0 aliphatic carbocycles. The van der Waals surface area contributed by atoms with E-state index in [2.05, 4.69) is 20.9 Å². The zero-order valence-electron chi connectivity index (χ0n) is 7.18. The molecule has 0 saturated carbocycles. The number of hydrogen-bond acceptors (Lipinski definition) is 2. The lowest BCUT2D eigenvalue weighted by molar-refractivity contribution is -0.136. The molecule has 0 spiro atoms. The molecule has 0 aliphatic heterocycles. The third-order valence-electron chi connectivity index (χ3n) is 1.54. The van der Waals surface area contributed by atoms with Crippen LogP contribution in [0.1, 0.15) is 17.8 Å². The van der Waals surface area contributed by atoms with E-state index in [0.717, 1.165) is 6.07 Å². The number of nitrogens with zero attached hydrogens (tertiary/aromatic N) is 1. The van der Waals surface area contributed by atoms with Crippen LogP contribution in [0.3, 0.4) is 0 Å². The number of aliphatic carboxylic acids is 1. The minimum absolute atomic E-state index is 0.218. The summed E-state index contributed by atoms with van der Waals surface area (Å²) < 4.78 is 37.5. The Kier molecular flexibility index (Phi) is 3.67. The number of halogens is 4. The van der Waals surface area contributed by atoms with Crippen LogP contribution in [0.2, 0.25) is 0 Å².